The first-order valence-corrected chi connectivity index (χ1v) is 4.57. The van der Waals surface area contributed by atoms with Crippen LogP contribution in [0.3, 0.4) is 0 Å². The van der Waals surface area contributed by atoms with Gasteiger partial charge in [0.05, 0.1) is 0 Å². The lowest BCUT2D eigenvalue weighted by molar-refractivity contribution is 0.690. The van der Waals surface area contributed by atoms with Gasteiger partial charge in [0.15, 0.2) is 0 Å². The van der Waals surface area contributed by atoms with E-state index in [0.29, 0.717) is 0 Å². The third kappa shape index (κ3) is 1.20. The number of hydrogen-bond donors (Lipinski definition) is 0. The fourth-order valence-electron chi connectivity index (χ4n) is 1.87. The highest BCUT2D eigenvalue weighted by Gasteiger charge is 2.10. The molecule has 0 bridgehead atoms. The lowest BCUT2D eigenvalue weighted by Crippen LogP contribution is -1.97. The number of aromatic nitrogens is 1. The molecule has 1 aromatic rings. The van der Waals surface area contributed by atoms with Gasteiger partial charge in [-0.3, -0.25) is 0 Å². The standard InChI is InChI=1S/C10H15N/c1-2-11-7-9-5-3-4-6-10(9)8-11/h7-8H,2-6H2,1H3. The Balaban J connectivity index is 2.32. The number of fused-ring (bicyclic) bond motifs is 1. The van der Waals surface area contributed by atoms with Gasteiger partial charge in [-0.2, -0.15) is 0 Å². The summed E-state index contributed by atoms with van der Waals surface area (Å²) in [5, 5.41) is 0. The Morgan fingerprint density at radius 2 is 1.73 bits per heavy atom. The van der Waals surface area contributed by atoms with Crippen molar-refractivity contribution in [2.45, 2.75) is 39.2 Å². The maximum Gasteiger partial charge on any atom is 0.0191 e. The smallest absolute Gasteiger partial charge is 0.0191 e. The van der Waals surface area contributed by atoms with Crippen LogP contribution in [0.25, 0.3) is 0 Å². The Morgan fingerprint density at radius 3 is 2.18 bits per heavy atom. The Labute approximate surface area is 68.0 Å². The van der Waals surface area contributed by atoms with Crippen LogP contribution in [0.1, 0.15) is 30.9 Å². The summed E-state index contributed by atoms with van der Waals surface area (Å²) in [6, 6.07) is 0. The van der Waals surface area contributed by atoms with E-state index in [1.54, 1.807) is 11.1 Å². The van der Waals surface area contributed by atoms with E-state index in [9.17, 15) is 0 Å². The van der Waals surface area contributed by atoms with Crippen LogP contribution in [-0.4, -0.2) is 4.57 Å². The quantitative estimate of drug-likeness (QED) is 0.577. The van der Waals surface area contributed by atoms with Crippen LogP contribution in [0.15, 0.2) is 12.4 Å². The molecule has 0 saturated carbocycles. The number of nitrogens with zero attached hydrogens (tertiary/aromatic N) is 1. The molecule has 0 aromatic carbocycles. The van der Waals surface area contributed by atoms with Crippen LogP contribution in [-0.2, 0) is 19.4 Å². The minimum Gasteiger partial charge on any atom is -0.354 e. The second-order valence-corrected chi connectivity index (χ2v) is 3.35. The molecule has 0 radical (unpaired) electrons. The van der Waals surface area contributed by atoms with Crippen molar-refractivity contribution in [3.8, 4) is 0 Å². The summed E-state index contributed by atoms with van der Waals surface area (Å²) < 4.78 is 2.30. The van der Waals surface area contributed by atoms with Gasteiger partial charge in [0.25, 0.3) is 0 Å². The average Bonchev–Trinajstić information content (AvgIpc) is 2.46. The van der Waals surface area contributed by atoms with Crippen molar-refractivity contribution >= 4 is 0 Å². The predicted octanol–water partition coefficient (Wildman–Crippen LogP) is 2.39. The van der Waals surface area contributed by atoms with Crippen molar-refractivity contribution < 1.29 is 0 Å². The minimum atomic E-state index is 1.12. The van der Waals surface area contributed by atoms with E-state index >= 15 is 0 Å². The summed E-state index contributed by atoms with van der Waals surface area (Å²) in [6.45, 7) is 3.32. The van der Waals surface area contributed by atoms with Crippen LogP contribution in [0.4, 0.5) is 0 Å². The molecular formula is C10H15N. The normalized spacial score (nSPS) is 16.5. The van der Waals surface area contributed by atoms with Gasteiger partial charge in [-0.25, -0.2) is 0 Å². The first-order valence-electron chi connectivity index (χ1n) is 4.57. The largest absolute Gasteiger partial charge is 0.354 e. The molecule has 1 aromatic heterocycles. The molecule has 1 aliphatic carbocycles. The molecule has 1 nitrogen and oxygen atoms in total. The second kappa shape index (κ2) is 2.72. The molecule has 1 heteroatoms. The maximum atomic E-state index is 2.31. The first-order chi connectivity index (χ1) is 5.40. The fraction of sp³-hybridized carbons (Fsp3) is 0.600. The van der Waals surface area contributed by atoms with Crippen LogP contribution in [0.5, 0.6) is 0 Å². The van der Waals surface area contributed by atoms with Gasteiger partial charge in [0.1, 0.15) is 0 Å². The molecule has 11 heavy (non-hydrogen) atoms. The van der Waals surface area contributed by atoms with E-state index in [0.717, 1.165) is 6.54 Å². The summed E-state index contributed by atoms with van der Waals surface area (Å²) in [4.78, 5) is 0. The molecule has 0 fully saturated rings. The molecule has 0 saturated heterocycles. The van der Waals surface area contributed by atoms with Gasteiger partial charge in [0.2, 0.25) is 0 Å². The highest BCUT2D eigenvalue weighted by atomic mass is 14.9. The molecule has 0 spiro atoms. The van der Waals surface area contributed by atoms with Crippen LogP contribution >= 0.6 is 0 Å². The number of rotatable bonds is 1. The third-order valence-corrected chi connectivity index (χ3v) is 2.56. The predicted molar refractivity (Wildman–Crippen MR) is 46.7 cm³/mol. The fourth-order valence-corrected chi connectivity index (χ4v) is 1.87. The Morgan fingerprint density at radius 1 is 1.18 bits per heavy atom. The monoisotopic (exact) mass is 149 g/mol. The van der Waals surface area contributed by atoms with Gasteiger partial charge in [-0.15, -0.1) is 0 Å². The van der Waals surface area contributed by atoms with Crippen molar-refractivity contribution in [1.82, 2.24) is 4.57 Å². The Hall–Kier alpha value is -0.720. The molecule has 0 aliphatic heterocycles. The molecule has 0 amide bonds. The summed E-state index contributed by atoms with van der Waals surface area (Å²) in [5.41, 5.74) is 3.19. The molecular weight excluding hydrogens is 134 g/mol. The molecule has 0 N–H and O–H groups in total. The third-order valence-electron chi connectivity index (χ3n) is 2.56. The van der Waals surface area contributed by atoms with Crippen molar-refractivity contribution in [3.63, 3.8) is 0 Å². The zero-order valence-corrected chi connectivity index (χ0v) is 7.14. The van der Waals surface area contributed by atoms with Crippen molar-refractivity contribution in [3.05, 3.63) is 23.5 Å². The summed E-state index contributed by atoms with van der Waals surface area (Å²) in [6.07, 6.45) is 10.0. The van der Waals surface area contributed by atoms with Crippen molar-refractivity contribution in [1.29, 1.82) is 0 Å². The van der Waals surface area contributed by atoms with Gasteiger partial charge in [-0.05, 0) is 43.7 Å². The highest BCUT2D eigenvalue weighted by Crippen LogP contribution is 2.21. The minimum absolute atomic E-state index is 1.12. The van der Waals surface area contributed by atoms with Crippen molar-refractivity contribution in [2.75, 3.05) is 0 Å². The molecule has 2 rings (SSSR count). The lowest BCUT2D eigenvalue weighted by Gasteiger charge is -2.08. The van der Waals surface area contributed by atoms with Gasteiger partial charge < -0.3 is 4.57 Å². The highest BCUT2D eigenvalue weighted by molar-refractivity contribution is 5.26. The molecule has 60 valence electrons. The SMILES string of the molecule is CCn1cc2c(c1)CCCC2. The topological polar surface area (TPSA) is 4.93 Å². The van der Waals surface area contributed by atoms with E-state index in [1.807, 2.05) is 0 Å². The van der Waals surface area contributed by atoms with Gasteiger partial charge in [-0.1, -0.05) is 0 Å². The molecule has 1 aliphatic rings. The van der Waals surface area contributed by atoms with Crippen LogP contribution in [0, 0.1) is 0 Å². The maximum absolute atomic E-state index is 2.31. The first kappa shape index (κ1) is 6.96. The number of aryl methyl sites for hydroxylation is 3. The van der Waals surface area contributed by atoms with E-state index in [-0.39, 0.29) is 0 Å². The lowest BCUT2D eigenvalue weighted by atomic mass is 9.96. The van der Waals surface area contributed by atoms with E-state index < -0.39 is 0 Å². The number of hydrogen-bond acceptors (Lipinski definition) is 0. The van der Waals surface area contributed by atoms with Gasteiger partial charge >= 0.3 is 0 Å². The summed E-state index contributed by atoms with van der Waals surface area (Å²) in [7, 11) is 0. The van der Waals surface area contributed by atoms with E-state index in [1.165, 1.54) is 25.7 Å². The summed E-state index contributed by atoms with van der Waals surface area (Å²) >= 11 is 0. The Kier molecular flexibility index (Phi) is 1.72. The van der Waals surface area contributed by atoms with Crippen LogP contribution < -0.4 is 0 Å². The molecule has 0 unspecified atom stereocenters. The second-order valence-electron chi connectivity index (χ2n) is 3.35. The van der Waals surface area contributed by atoms with Gasteiger partial charge in [0, 0.05) is 18.9 Å². The zero-order valence-electron chi connectivity index (χ0n) is 7.14. The molecule has 1 heterocycles. The zero-order chi connectivity index (χ0) is 7.68. The summed E-state index contributed by atoms with van der Waals surface area (Å²) in [5.74, 6) is 0. The van der Waals surface area contributed by atoms with Crippen LogP contribution in [0.2, 0.25) is 0 Å². The average molecular weight is 149 g/mol. The molecule has 0 atom stereocenters. The van der Waals surface area contributed by atoms with Crippen molar-refractivity contribution in [2.24, 2.45) is 0 Å². The van der Waals surface area contributed by atoms with E-state index in [2.05, 4.69) is 23.9 Å². The van der Waals surface area contributed by atoms with E-state index in [4.69, 9.17) is 0 Å². The Bertz CT molecular complexity index is 224.